The van der Waals surface area contributed by atoms with Gasteiger partial charge in [-0.2, -0.15) is 0 Å². The lowest BCUT2D eigenvalue weighted by atomic mass is 10.0. The number of pyridine rings is 1. The fourth-order valence-corrected chi connectivity index (χ4v) is 4.48. The van der Waals surface area contributed by atoms with E-state index in [1.54, 1.807) is 6.07 Å². The van der Waals surface area contributed by atoms with Gasteiger partial charge in [0.1, 0.15) is 24.0 Å². The molecule has 2 fully saturated rings. The maximum Gasteiger partial charge on any atom is 0.193 e. The third-order valence-corrected chi connectivity index (χ3v) is 6.19. The molecule has 0 spiro atoms. The van der Waals surface area contributed by atoms with E-state index in [4.69, 9.17) is 19.9 Å². The maximum absolute atomic E-state index is 14.9. The van der Waals surface area contributed by atoms with Crippen LogP contribution in [0.5, 0.6) is 5.88 Å². The molecule has 2 aromatic heterocycles. The van der Waals surface area contributed by atoms with Gasteiger partial charge in [0.25, 0.3) is 0 Å². The first kappa shape index (κ1) is 20.2. The largest absolute Gasteiger partial charge is 0.470 e. The third-order valence-electron chi connectivity index (χ3n) is 6.19. The number of fused-ring (bicyclic) bond motifs is 2. The minimum absolute atomic E-state index is 0.231. The summed E-state index contributed by atoms with van der Waals surface area (Å²) in [7, 11) is 0. The lowest BCUT2D eigenvalue weighted by Gasteiger charge is -2.16. The Hall–Kier alpha value is -3.46. The van der Waals surface area contributed by atoms with Crippen molar-refractivity contribution in [3.05, 3.63) is 66.5 Å². The molecule has 0 aliphatic carbocycles. The third kappa shape index (κ3) is 3.62. The fraction of sp³-hybridized carbons (Fsp3) is 0.240. The van der Waals surface area contributed by atoms with Gasteiger partial charge in [-0.15, -0.1) is 0 Å². The molecule has 33 heavy (non-hydrogen) atoms. The number of nitrogens with zero attached hydrogens (tertiary/aromatic N) is 1. The molecule has 0 radical (unpaired) electrons. The Bertz CT molecular complexity index is 1310. The molecule has 1 unspecified atom stereocenters. The van der Waals surface area contributed by atoms with E-state index in [9.17, 15) is 9.50 Å². The van der Waals surface area contributed by atoms with Crippen molar-refractivity contribution in [1.29, 1.82) is 0 Å². The van der Waals surface area contributed by atoms with Crippen LogP contribution in [0.4, 0.5) is 10.1 Å². The normalized spacial score (nSPS) is 24.3. The molecule has 4 atom stereocenters. The summed E-state index contributed by atoms with van der Waals surface area (Å²) in [5.74, 6) is 0.0228. The fourth-order valence-electron chi connectivity index (χ4n) is 4.48. The summed E-state index contributed by atoms with van der Waals surface area (Å²) in [6.45, 7) is 0.546. The van der Waals surface area contributed by atoms with Gasteiger partial charge in [0, 0.05) is 23.4 Å². The first-order chi connectivity index (χ1) is 16.0. The molecule has 2 aliphatic rings. The molecule has 2 aromatic carbocycles. The van der Waals surface area contributed by atoms with Crippen LogP contribution in [0.3, 0.4) is 0 Å². The highest BCUT2D eigenvalue weighted by molar-refractivity contribution is 5.81. The Morgan fingerprint density at radius 1 is 0.939 bits per heavy atom. The average molecular weight is 447 g/mol. The molecule has 2 saturated heterocycles. The highest BCUT2D eigenvalue weighted by Crippen LogP contribution is 2.32. The summed E-state index contributed by atoms with van der Waals surface area (Å²) in [6.07, 6.45) is -1.70. The van der Waals surface area contributed by atoms with Crippen molar-refractivity contribution in [3.8, 4) is 28.3 Å². The van der Waals surface area contributed by atoms with Crippen LogP contribution in [0.1, 0.15) is 0 Å². The number of aromatic amines is 1. The summed E-state index contributed by atoms with van der Waals surface area (Å²) < 4.78 is 32.1. The van der Waals surface area contributed by atoms with Gasteiger partial charge in [0.2, 0.25) is 0 Å². The topological polar surface area (TPSA) is 103 Å². The van der Waals surface area contributed by atoms with Gasteiger partial charge < -0.3 is 30.0 Å². The molecular formula is C25H22FN3O4. The van der Waals surface area contributed by atoms with Crippen molar-refractivity contribution in [3.63, 3.8) is 0 Å². The van der Waals surface area contributed by atoms with Gasteiger partial charge >= 0.3 is 0 Å². The van der Waals surface area contributed by atoms with E-state index in [0.29, 0.717) is 34.8 Å². The van der Waals surface area contributed by atoms with E-state index in [1.807, 2.05) is 48.5 Å². The van der Waals surface area contributed by atoms with E-state index < -0.39 is 11.9 Å². The van der Waals surface area contributed by atoms with E-state index in [1.165, 1.54) is 6.07 Å². The van der Waals surface area contributed by atoms with Crippen molar-refractivity contribution in [2.75, 3.05) is 18.9 Å². The Labute approximate surface area is 188 Å². The number of anilines is 1. The van der Waals surface area contributed by atoms with E-state index in [0.717, 1.165) is 11.1 Å². The number of aromatic nitrogens is 2. The molecular weight excluding hydrogens is 425 g/mol. The van der Waals surface area contributed by atoms with Crippen LogP contribution in [0, 0.1) is 5.82 Å². The van der Waals surface area contributed by atoms with Crippen LogP contribution in [-0.2, 0) is 9.47 Å². The lowest BCUT2D eigenvalue weighted by molar-refractivity contribution is 0.00794. The number of benzene rings is 2. The highest BCUT2D eigenvalue weighted by atomic mass is 19.1. The Kier molecular flexibility index (Phi) is 4.79. The SMILES string of the molecule is Nc1ccc(-c2ccc(-c3nc4cc(O[C@@H]5COC6[C@H](O)CO[C@@H]65)[nH]c4cc3F)cc2)cc1. The second-order valence-electron chi connectivity index (χ2n) is 8.40. The molecule has 4 aromatic rings. The first-order valence-electron chi connectivity index (χ1n) is 10.8. The maximum atomic E-state index is 14.9. The van der Waals surface area contributed by atoms with E-state index in [2.05, 4.69) is 9.97 Å². The van der Waals surface area contributed by atoms with Crippen LogP contribution < -0.4 is 10.5 Å². The smallest absolute Gasteiger partial charge is 0.193 e. The number of halogens is 1. The lowest BCUT2D eigenvalue weighted by Crippen LogP contribution is -2.34. The van der Waals surface area contributed by atoms with Crippen LogP contribution in [-0.4, -0.2) is 52.7 Å². The predicted octanol–water partition coefficient (Wildman–Crippen LogP) is 3.52. The standard InChI is InChI=1S/C25H22FN3O4/c26-17-9-18-19(10-22(28-18)33-21-12-32-24-20(30)11-31-25(21)24)29-23(17)15-3-1-13(2-4-15)14-5-7-16(27)8-6-14/h1-10,20-21,24-25,28,30H,11-12,27H2/t20-,21-,24?,25-/m1/s1. The summed E-state index contributed by atoms with van der Waals surface area (Å²) in [6, 6.07) is 18.3. The number of nitrogens with one attached hydrogen (secondary N) is 1. The number of H-pyrrole nitrogens is 1. The molecule has 4 N–H and O–H groups in total. The van der Waals surface area contributed by atoms with Crippen molar-refractivity contribution < 1.29 is 23.7 Å². The minimum Gasteiger partial charge on any atom is -0.470 e. The molecule has 0 amide bonds. The molecule has 168 valence electrons. The average Bonchev–Trinajstić information content (AvgIpc) is 3.51. The summed E-state index contributed by atoms with van der Waals surface area (Å²) in [5, 5.41) is 9.89. The number of rotatable bonds is 4. The van der Waals surface area contributed by atoms with Gasteiger partial charge in [0.05, 0.1) is 24.2 Å². The molecule has 7 nitrogen and oxygen atoms in total. The monoisotopic (exact) mass is 447 g/mol. The van der Waals surface area contributed by atoms with Crippen LogP contribution in [0.25, 0.3) is 33.4 Å². The first-order valence-corrected chi connectivity index (χ1v) is 10.8. The number of ether oxygens (including phenoxy) is 3. The molecule has 4 heterocycles. The second kappa shape index (κ2) is 7.84. The van der Waals surface area contributed by atoms with Crippen molar-refractivity contribution in [2.24, 2.45) is 0 Å². The number of hydrogen-bond acceptors (Lipinski definition) is 6. The van der Waals surface area contributed by atoms with Gasteiger partial charge in [-0.25, -0.2) is 9.37 Å². The number of nitrogens with two attached hydrogens (primary N) is 1. The quantitative estimate of drug-likeness (QED) is 0.414. The second-order valence-corrected chi connectivity index (χ2v) is 8.40. The van der Waals surface area contributed by atoms with Gasteiger partial charge in [-0.3, -0.25) is 0 Å². The molecule has 0 saturated carbocycles. The minimum atomic E-state index is -0.643. The van der Waals surface area contributed by atoms with Crippen molar-refractivity contribution >= 4 is 16.7 Å². The van der Waals surface area contributed by atoms with Crippen LogP contribution in [0.2, 0.25) is 0 Å². The summed E-state index contributed by atoms with van der Waals surface area (Å²) in [4.78, 5) is 7.59. The van der Waals surface area contributed by atoms with E-state index >= 15 is 0 Å². The van der Waals surface area contributed by atoms with Gasteiger partial charge in [-0.1, -0.05) is 36.4 Å². The zero-order valence-electron chi connectivity index (χ0n) is 17.6. The summed E-state index contributed by atoms with van der Waals surface area (Å²) in [5.41, 5.74) is 10.6. The molecule has 2 aliphatic heterocycles. The Morgan fingerprint density at radius 2 is 1.61 bits per heavy atom. The Morgan fingerprint density at radius 3 is 2.36 bits per heavy atom. The number of aliphatic hydroxyl groups is 1. The predicted molar refractivity (Wildman–Crippen MR) is 121 cm³/mol. The number of aliphatic hydroxyl groups excluding tert-OH is 1. The molecule has 0 bridgehead atoms. The molecule has 8 heteroatoms. The van der Waals surface area contributed by atoms with Crippen molar-refractivity contribution in [2.45, 2.75) is 24.4 Å². The molecule has 6 rings (SSSR count). The summed E-state index contributed by atoms with van der Waals surface area (Å²) >= 11 is 0. The highest BCUT2D eigenvalue weighted by Gasteiger charge is 2.48. The van der Waals surface area contributed by atoms with Crippen LogP contribution in [0.15, 0.2) is 60.7 Å². The number of nitrogen functional groups attached to an aromatic ring is 1. The Balaban J connectivity index is 1.25. The van der Waals surface area contributed by atoms with E-state index in [-0.39, 0.29) is 30.6 Å². The van der Waals surface area contributed by atoms with Gasteiger partial charge in [0.15, 0.2) is 17.8 Å². The number of hydrogen-bond donors (Lipinski definition) is 3. The van der Waals surface area contributed by atoms with Gasteiger partial charge in [-0.05, 0) is 23.3 Å². The van der Waals surface area contributed by atoms with Crippen LogP contribution >= 0.6 is 0 Å². The zero-order chi connectivity index (χ0) is 22.5. The zero-order valence-corrected chi connectivity index (χ0v) is 17.6. The van der Waals surface area contributed by atoms with Crippen molar-refractivity contribution in [1.82, 2.24) is 9.97 Å².